The van der Waals surface area contributed by atoms with Gasteiger partial charge in [-0.3, -0.25) is 4.79 Å². The van der Waals surface area contributed by atoms with Crippen LogP contribution in [0.1, 0.15) is 28.4 Å². The number of nitriles is 1. The summed E-state index contributed by atoms with van der Waals surface area (Å²) < 4.78 is 10.8. The molecule has 0 atom stereocenters. The molecule has 7 nitrogen and oxygen atoms in total. The van der Waals surface area contributed by atoms with Gasteiger partial charge >= 0.3 is 5.97 Å². The topological polar surface area (TPSA) is 123 Å². The quantitative estimate of drug-likeness (QED) is 0.547. The van der Waals surface area contributed by atoms with Gasteiger partial charge in [-0.1, -0.05) is 18.2 Å². The summed E-state index contributed by atoms with van der Waals surface area (Å²) in [5.74, 6) is -0.835. The third-order valence-electron chi connectivity index (χ3n) is 3.51. The van der Waals surface area contributed by atoms with Crippen molar-refractivity contribution < 1.29 is 24.2 Å². The van der Waals surface area contributed by atoms with E-state index in [1.807, 2.05) is 6.92 Å². The van der Waals surface area contributed by atoms with Crippen molar-refractivity contribution in [3.05, 3.63) is 59.2 Å². The van der Waals surface area contributed by atoms with Gasteiger partial charge in [-0.05, 0) is 48.4 Å². The summed E-state index contributed by atoms with van der Waals surface area (Å²) in [6.45, 7) is 1.93. The molecule has 1 amide bonds. The number of aromatic carboxylic acids is 1. The fourth-order valence-electron chi connectivity index (χ4n) is 2.29. The van der Waals surface area contributed by atoms with E-state index in [2.05, 4.69) is 6.07 Å². The van der Waals surface area contributed by atoms with Crippen LogP contribution in [0.2, 0.25) is 0 Å². The number of allylic oxidation sites excluding steroid dienone is 1. The number of carboxylic acids is 1. The minimum Gasteiger partial charge on any atom is -0.490 e. The van der Waals surface area contributed by atoms with Gasteiger partial charge in [0.05, 0.1) is 23.8 Å². The molecule has 0 aliphatic heterocycles. The SMILES string of the molecule is CCOc1cc(C=C(C#N)c2ccc(C(=O)O)cc2)ccc1OCC(N)=O. The zero-order valence-electron chi connectivity index (χ0n) is 14.6. The van der Waals surface area contributed by atoms with Gasteiger partial charge in [0.15, 0.2) is 18.1 Å². The second-order valence-electron chi connectivity index (χ2n) is 5.45. The Morgan fingerprint density at radius 2 is 1.78 bits per heavy atom. The van der Waals surface area contributed by atoms with Gasteiger partial charge < -0.3 is 20.3 Å². The maximum Gasteiger partial charge on any atom is 0.335 e. The molecule has 0 radical (unpaired) electrons. The van der Waals surface area contributed by atoms with Gasteiger partial charge in [0.25, 0.3) is 5.91 Å². The van der Waals surface area contributed by atoms with Crippen molar-refractivity contribution >= 4 is 23.5 Å². The fraction of sp³-hybridized carbons (Fsp3) is 0.150. The van der Waals surface area contributed by atoms with Crippen molar-refractivity contribution in [2.75, 3.05) is 13.2 Å². The number of ether oxygens (including phenoxy) is 2. The van der Waals surface area contributed by atoms with Crippen molar-refractivity contribution in [1.29, 1.82) is 5.26 Å². The number of hydrogen-bond donors (Lipinski definition) is 2. The average Bonchev–Trinajstić information content (AvgIpc) is 2.65. The largest absolute Gasteiger partial charge is 0.490 e. The number of amides is 1. The molecule has 7 heteroatoms. The zero-order valence-corrected chi connectivity index (χ0v) is 14.6. The first kappa shape index (κ1) is 19.5. The Hall–Kier alpha value is -3.79. The van der Waals surface area contributed by atoms with Gasteiger partial charge in [0.1, 0.15) is 0 Å². The van der Waals surface area contributed by atoms with Crippen molar-refractivity contribution in [2.45, 2.75) is 6.92 Å². The summed E-state index contributed by atoms with van der Waals surface area (Å²) >= 11 is 0. The highest BCUT2D eigenvalue weighted by Crippen LogP contribution is 2.30. The lowest BCUT2D eigenvalue weighted by molar-refractivity contribution is -0.119. The molecule has 138 valence electrons. The van der Waals surface area contributed by atoms with Crippen LogP contribution in [0.5, 0.6) is 11.5 Å². The Kier molecular flexibility index (Phi) is 6.55. The third-order valence-corrected chi connectivity index (χ3v) is 3.51. The number of carboxylic acid groups (broad SMARTS) is 1. The highest BCUT2D eigenvalue weighted by molar-refractivity contribution is 5.92. The Balaban J connectivity index is 2.34. The first-order valence-electron chi connectivity index (χ1n) is 8.08. The van der Waals surface area contributed by atoms with Crippen molar-refractivity contribution in [1.82, 2.24) is 0 Å². The summed E-state index contributed by atoms with van der Waals surface area (Å²) in [6.07, 6.45) is 1.65. The summed E-state index contributed by atoms with van der Waals surface area (Å²) in [5.41, 5.74) is 6.87. The van der Waals surface area contributed by atoms with E-state index in [-0.39, 0.29) is 12.2 Å². The second-order valence-corrected chi connectivity index (χ2v) is 5.45. The molecule has 0 spiro atoms. The predicted octanol–water partition coefficient (Wildman–Crippen LogP) is 2.71. The van der Waals surface area contributed by atoms with E-state index < -0.39 is 11.9 Å². The molecule has 2 aromatic rings. The van der Waals surface area contributed by atoms with Gasteiger partial charge in [0, 0.05) is 0 Å². The number of nitrogens with two attached hydrogens (primary N) is 1. The Morgan fingerprint density at radius 1 is 1.11 bits per heavy atom. The lowest BCUT2D eigenvalue weighted by atomic mass is 10.0. The molecule has 0 aromatic heterocycles. The fourth-order valence-corrected chi connectivity index (χ4v) is 2.29. The molecule has 0 bridgehead atoms. The van der Waals surface area contributed by atoms with Crippen LogP contribution in [0, 0.1) is 11.3 Å². The minimum absolute atomic E-state index is 0.144. The number of carbonyl (C=O) groups is 2. The molecule has 0 unspecified atom stereocenters. The maximum absolute atomic E-state index is 10.9. The molecule has 0 saturated heterocycles. The summed E-state index contributed by atoms with van der Waals surface area (Å²) in [6, 6.07) is 13.2. The predicted molar refractivity (Wildman–Crippen MR) is 99.2 cm³/mol. The van der Waals surface area contributed by atoms with Gasteiger partial charge in [-0.2, -0.15) is 5.26 Å². The van der Waals surface area contributed by atoms with E-state index >= 15 is 0 Å². The lowest BCUT2D eigenvalue weighted by Gasteiger charge is -2.11. The molecular formula is C20H18N2O5. The molecular weight excluding hydrogens is 348 g/mol. The number of hydrogen-bond acceptors (Lipinski definition) is 5. The van der Waals surface area contributed by atoms with E-state index in [0.29, 0.717) is 34.8 Å². The van der Waals surface area contributed by atoms with Crippen LogP contribution in [0.4, 0.5) is 0 Å². The van der Waals surface area contributed by atoms with Crippen LogP contribution in [0.15, 0.2) is 42.5 Å². The number of nitrogens with zero attached hydrogens (tertiary/aromatic N) is 1. The highest BCUT2D eigenvalue weighted by Gasteiger charge is 2.09. The minimum atomic E-state index is -1.03. The maximum atomic E-state index is 10.9. The first-order valence-corrected chi connectivity index (χ1v) is 8.08. The molecule has 2 rings (SSSR count). The van der Waals surface area contributed by atoms with Gasteiger partial charge in [0.2, 0.25) is 0 Å². The van der Waals surface area contributed by atoms with Gasteiger partial charge in [-0.25, -0.2) is 4.79 Å². The van der Waals surface area contributed by atoms with Crippen LogP contribution in [0.25, 0.3) is 11.6 Å². The van der Waals surface area contributed by atoms with Crippen LogP contribution < -0.4 is 15.2 Å². The smallest absolute Gasteiger partial charge is 0.335 e. The lowest BCUT2D eigenvalue weighted by Crippen LogP contribution is -2.20. The van der Waals surface area contributed by atoms with Crippen LogP contribution >= 0.6 is 0 Å². The van der Waals surface area contributed by atoms with Crippen LogP contribution in [-0.4, -0.2) is 30.2 Å². The molecule has 27 heavy (non-hydrogen) atoms. The average molecular weight is 366 g/mol. The summed E-state index contributed by atoms with van der Waals surface area (Å²) in [4.78, 5) is 21.8. The normalized spacial score (nSPS) is 10.7. The molecule has 0 aliphatic carbocycles. The van der Waals surface area contributed by atoms with Crippen LogP contribution in [0.3, 0.4) is 0 Å². The Labute approximate surface area is 156 Å². The van der Waals surface area contributed by atoms with Crippen molar-refractivity contribution in [2.24, 2.45) is 5.73 Å². The number of benzene rings is 2. The molecule has 0 fully saturated rings. The molecule has 0 saturated carbocycles. The second kappa shape index (κ2) is 9.06. The van der Waals surface area contributed by atoms with E-state index in [1.165, 1.54) is 12.1 Å². The number of rotatable bonds is 8. The Bertz CT molecular complexity index is 911. The van der Waals surface area contributed by atoms with E-state index in [0.717, 1.165) is 0 Å². The van der Waals surface area contributed by atoms with Crippen molar-refractivity contribution in [3.63, 3.8) is 0 Å². The monoisotopic (exact) mass is 366 g/mol. The third kappa shape index (κ3) is 5.34. The van der Waals surface area contributed by atoms with Gasteiger partial charge in [-0.15, -0.1) is 0 Å². The molecule has 3 N–H and O–H groups in total. The Morgan fingerprint density at radius 3 is 2.33 bits per heavy atom. The molecule has 2 aromatic carbocycles. The summed E-state index contributed by atoms with van der Waals surface area (Å²) in [7, 11) is 0. The number of primary amides is 1. The first-order chi connectivity index (χ1) is 12.9. The van der Waals surface area contributed by atoms with E-state index in [9.17, 15) is 14.9 Å². The highest BCUT2D eigenvalue weighted by atomic mass is 16.5. The van der Waals surface area contributed by atoms with Crippen LogP contribution in [-0.2, 0) is 4.79 Å². The molecule has 0 aliphatic rings. The number of carbonyl (C=O) groups excluding carboxylic acids is 1. The van der Waals surface area contributed by atoms with Crippen molar-refractivity contribution in [3.8, 4) is 17.6 Å². The standard InChI is InChI=1S/C20H18N2O5/c1-2-26-18-10-13(3-8-17(18)27-12-19(22)23)9-16(11-21)14-4-6-15(7-5-14)20(24)25/h3-10H,2,12H2,1H3,(H2,22,23)(H,24,25). The zero-order chi connectivity index (χ0) is 19.8. The van der Waals surface area contributed by atoms with E-state index in [4.69, 9.17) is 20.3 Å². The molecule has 0 heterocycles. The summed E-state index contributed by atoms with van der Waals surface area (Å²) in [5, 5.41) is 18.4. The van der Waals surface area contributed by atoms with E-state index in [1.54, 1.807) is 36.4 Å².